The summed E-state index contributed by atoms with van der Waals surface area (Å²) >= 11 is 0. The molecule has 0 amide bonds. The number of carbonyl (C=O) groups is 2. The average Bonchev–Trinajstić information content (AvgIpc) is 2.34. The molecule has 1 aromatic carbocycles. The van der Waals surface area contributed by atoms with Gasteiger partial charge in [0.2, 0.25) is 0 Å². The summed E-state index contributed by atoms with van der Waals surface area (Å²) in [5.74, 6) is -0.0619. The first kappa shape index (κ1) is 12.6. The molecule has 3 nitrogen and oxygen atoms in total. The molecule has 0 atom stereocenters. The summed E-state index contributed by atoms with van der Waals surface area (Å²) in [7, 11) is 3.63. The van der Waals surface area contributed by atoms with E-state index in [0.29, 0.717) is 18.4 Å². The molecule has 18 heavy (non-hydrogen) atoms. The molecule has 1 fully saturated rings. The maximum Gasteiger partial charge on any atom is 0.168 e. The van der Waals surface area contributed by atoms with E-state index in [0.717, 1.165) is 5.56 Å². The van der Waals surface area contributed by atoms with E-state index in [1.807, 2.05) is 44.4 Å². The zero-order chi connectivity index (χ0) is 13.1. The third kappa shape index (κ3) is 2.67. The second kappa shape index (κ2) is 5.17. The average molecular weight is 243 g/mol. The maximum atomic E-state index is 12.0. The quantitative estimate of drug-likeness (QED) is 0.590. The maximum absolute atomic E-state index is 12.0. The zero-order valence-electron chi connectivity index (χ0n) is 10.7. The molecule has 1 aliphatic rings. The number of ketones is 2. The van der Waals surface area contributed by atoms with Gasteiger partial charge in [0.15, 0.2) is 11.6 Å². The van der Waals surface area contributed by atoms with Crippen LogP contribution in [0.3, 0.4) is 0 Å². The van der Waals surface area contributed by atoms with Gasteiger partial charge >= 0.3 is 0 Å². The van der Waals surface area contributed by atoms with Crippen LogP contribution in [0.1, 0.15) is 24.3 Å². The predicted molar refractivity (Wildman–Crippen MR) is 70.2 cm³/mol. The van der Waals surface area contributed by atoms with Crippen LogP contribution < -0.4 is 0 Å². The van der Waals surface area contributed by atoms with Gasteiger partial charge in [0.05, 0.1) is 5.57 Å². The van der Waals surface area contributed by atoms with Crippen molar-refractivity contribution in [3.63, 3.8) is 0 Å². The van der Waals surface area contributed by atoms with Gasteiger partial charge in [-0.25, -0.2) is 0 Å². The zero-order valence-corrected chi connectivity index (χ0v) is 10.7. The number of nitrogens with zero attached hydrogens (tertiary/aromatic N) is 1. The summed E-state index contributed by atoms with van der Waals surface area (Å²) < 4.78 is 0. The largest absolute Gasteiger partial charge is 0.383 e. The first-order valence-electron chi connectivity index (χ1n) is 6.07. The highest BCUT2D eigenvalue weighted by Crippen LogP contribution is 2.31. The Balaban J connectivity index is 2.20. The van der Waals surface area contributed by atoms with Gasteiger partial charge in [0.1, 0.15) is 0 Å². The van der Waals surface area contributed by atoms with Crippen LogP contribution in [-0.2, 0) is 9.59 Å². The van der Waals surface area contributed by atoms with Crippen LogP contribution in [0.15, 0.2) is 42.1 Å². The highest BCUT2D eigenvalue weighted by molar-refractivity contribution is 6.22. The summed E-state index contributed by atoms with van der Waals surface area (Å²) in [6, 6.07) is 9.77. The predicted octanol–water partition coefficient (Wildman–Crippen LogP) is 2.15. The molecule has 0 aromatic heterocycles. The fraction of sp³-hybridized carbons (Fsp3) is 0.333. The molecule has 0 aliphatic heterocycles. The molecule has 0 bridgehead atoms. The lowest BCUT2D eigenvalue weighted by Crippen LogP contribution is -2.26. The molecule has 0 heterocycles. The van der Waals surface area contributed by atoms with E-state index in [4.69, 9.17) is 0 Å². The van der Waals surface area contributed by atoms with Crippen molar-refractivity contribution >= 4 is 11.6 Å². The topological polar surface area (TPSA) is 37.4 Å². The Kier molecular flexibility index (Phi) is 3.60. The molecule has 1 aromatic rings. The van der Waals surface area contributed by atoms with Gasteiger partial charge in [-0.3, -0.25) is 9.59 Å². The van der Waals surface area contributed by atoms with Crippen LogP contribution >= 0.6 is 0 Å². The van der Waals surface area contributed by atoms with Gasteiger partial charge in [-0.15, -0.1) is 0 Å². The summed E-state index contributed by atoms with van der Waals surface area (Å²) in [6.07, 6.45) is 2.48. The lowest BCUT2D eigenvalue weighted by atomic mass is 9.80. The highest BCUT2D eigenvalue weighted by Gasteiger charge is 2.31. The third-order valence-electron chi connectivity index (χ3n) is 3.12. The Labute approximate surface area is 107 Å². The van der Waals surface area contributed by atoms with E-state index >= 15 is 0 Å². The normalized spacial score (nSPS) is 19.9. The first-order chi connectivity index (χ1) is 8.58. The minimum absolute atomic E-state index is 0.0329. The number of benzene rings is 1. The fourth-order valence-corrected chi connectivity index (χ4v) is 2.26. The molecule has 1 aliphatic carbocycles. The molecule has 0 spiro atoms. The van der Waals surface area contributed by atoms with Crippen LogP contribution in [0, 0.1) is 0 Å². The van der Waals surface area contributed by atoms with E-state index in [2.05, 4.69) is 0 Å². The van der Waals surface area contributed by atoms with Crippen LogP contribution in [0.25, 0.3) is 0 Å². The minimum atomic E-state index is -0.0474. The lowest BCUT2D eigenvalue weighted by molar-refractivity contribution is -0.124. The smallest absolute Gasteiger partial charge is 0.168 e. The van der Waals surface area contributed by atoms with E-state index < -0.39 is 0 Å². The molecule has 94 valence electrons. The number of Topliss-reactive ketones (excluding diaryl/α,β-unsaturated/α-hetero) is 2. The molecular weight excluding hydrogens is 226 g/mol. The summed E-state index contributed by atoms with van der Waals surface area (Å²) in [6.45, 7) is 0. The van der Waals surface area contributed by atoms with Crippen molar-refractivity contribution in [3.8, 4) is 0 Å². The van der Waals surface area contributed by atoms with Gasteiger partial charge in [0.25, 0.3) is 0 Å². The van der Waals surface area contributed by atoms with Gasteiger partial charge in [0, 0.05) is 33.1 Å². The summed E-state index contributed by atoms with van der Waals surface area (Å²) in [5.41, 5.74) is 1.41. The number of allylic oxidation sites excluding steroid dienone is 1. The second-order valence-corrected chi connectivity index (χ2v) is 4.87. The van der Waals surface area contributed by atoms with Crippen molar-refractivity contribution in [2.75, 3.05) is 14.1 Å². The Hall–Kier alpha value is -1.90. The molecule has 0 unspecified atom stereocenters. The van der Waals surface area contributed by atoms with Crippen molar-refractivity contribution in [1.82, 2.24) is 4.90 Å². The second-order valence-electron chi connectivity index (χ2n) is 4.87. The monoisotopic (exact) mass is 243 g/mol. The Morgan fingerprint density at radius 1 is 1.06 bits per heavy atom. The van der Waals surface area contributed by atoms with Crippen molar-refractivity contribution in [1.29, 1.82) is 0 Å². The van der Waals surface area contributed by atoms with Gasteiger partial charge in [-0.1, -0.05) is 30.3 Å². The Morgan fingerprint density at radius 3 is 2.11 bits per heavy atom. The molecule has 0 radical (unpaired) electrons. The van der Waals surface area contributed by atoms with E-state index in [-0.39, 0.29) is 17.5 Å². The van der Waals surface area contributed by atoms with Gasteiger partial charge in [-0.05, 0) is 11.5 Å². The summed E-state index contributed by atoms with van der Waals surface area (Å²) in [5, 5.41) is 0. The number of rotatable bonds is 2. The SMILES string of the molecule is CN(C)C=C1C(=O)CC(c2ccccc2)CC1=O. The minimum Gasteiger partial charge on any atom is -0.383 e. The molecular formula is C15H17NO2. The molecule has 1 saturated carbocycles. The van der Waals surface area contributed by atoms with Crippen LogP contribution in [-0.4, -0.2) is 30.6 Å². The van der Waals surface area contributed by atoms with Gasteiger partial charge in [-0.2, -0.15) is 0 Å². The number of hydrogen-bond donors (Lipinski definition) is 0. The van der Waals surface area contributed by atoms with E-state index in [1.54, 1.807) is 11.1 Å². The van der Waals surface area contributed by atoms with Crippen molar-refractivity contribution in [2.45, 2.75) is 18.8 Å². The number of hydrogen-bond acceptors (Lipinski definition) is 3. The molecule has 2 rings (SSSR count). The molecule has 0 N–H and O–H groups in total. The molecule has 0 saturated heterocycles. The van der Waals surface area contributed by atoms with Crippen LogP contribution in [0.5, 0.6) is 0 Å². The Morgan fingerprint density at radius 2 is 1.61 bits per heavy atom. The fourth-order valence-electron chi connectivity index (χ4n) is 2.26. The highest BCUT2D eigenvalue weighted by atomic mass is 16.1. The summed E-state index contributed by atoms with van der Waals surface area (Å²) in [4.78, 5) is 25.8. The van der Waals surface area contributed by atoms with Gasteiger partial charge < -0.3 is 4.90 Å². The Bertz CT molecular complexity index is 468. The molecule has 3 heteroatoms. The standard InChI is InChI=1S/C15H17NO2/c1-16(2)10-13-14(17)8-12(9-15(13)18)11-6-4-3-5-7-11/h3-7,10,12H,8-9H2,1-2H3. The van der Waals surface area contributed by atoms with Crippen LogP contribution in [0.2, 0.25) is 0 Å². The van der Waals surface area contributed by atoms with E-state index in [1.165, 1.54) is 0 Å². The first-order valence-corrected chi connectivity index (χ1v) is 6.07. The van der Waals surface area contributed by atoms with Crippen molar-refractivity contribution < 1.29 is 9.59 Å². The van der Waals surface area contributed by atoms with Crippen molar-refractivity contribution in [3.05, 3.63) is 47.7 Å². The van der Waals surface area contributed by atoms with Crippen molar-refractivity contribution in [2.24, 2.45) is 0 Å². The number of carbonyl (C=O) groups excluding carboxylic acids is 2. The third-order valence-corrected chi connectivity index (χ3v) is 3.12. The lowest BCUT2D eigenvalue weighted by Gasteiger charge is -2.23. The van der Waals surface area contributed by atoms with E-state index in [9.17, 15) is 9.59 Å². The van der Waals surface area contributed by atoms with Crippen LogP contribution in [0.4, 0.5) is 0 Å².